The second-order valence-corrected chi connectivity index (χ2v) is 10.9. The number of hydrogen-bond donors (Lipinski definition) is 1. The first kappa shape index (κ1) is 26.7. The number of carboxylic acids is 1. The monoisotopic (exact) mass is 588 g/mol. The third kappa shape index (κ3) is 5.15. The topological polar surface area (TPSA) is 119 Å². The number of imidazole rings is 1. The largest absolute Gasteiger partial charge is 0.477 e. The number of rotatable bonds is 8. The summed E-state index contributed by atoms with van der Waals surface area (Å²) in [6.45, 7) is 3.36. The molecule has 0 amide bonds. The Bertz CT molecular complexity index is 1860. The van der Waals surface area contributed by atoms with Gasteiger partial charge in [0.2, 0.25) is 5.89 Å². The molecule has 4 aromatic heterocycles. The molecule has 12 heteroatoms. The van der Waals surface area contributed by atoms with E-state index in [1.165, 1.54) is 12.1 Å². The maximum Gasteiger partial charge on any atom is 0.354 e. The van der Waals surface area contributed by atoms with Crippen molar-refractivity contribution in [2.24, 2.45) is 0 Å². The van der Waals surface area contributed by atoms with Crippen LogP contribution in [0.5, 0.6) is 0 Å². The first-order valence-electron chi connectivity index (χ1n) is 13.7. The second-order valence-electron chi connectivity index (χ2n) is 10.5. The molecule has 1 N–H and O–H groups in total. The molecule has 1 fully saturated rings. The summed E-state index contributed by atoms with van der Waals surface area (Å²) < 4.78 is 28.1. The van der Waals surface area contributed by atoms with Crippen LogP contribution in [-0.2, 0) is 24.2 Å². The van der Waals surface area contributed by atoms with Crippen LogP contribution in [0.15, 0.2) is 53.1 Å². The first-order chi connectivity index (χ1) is 20.4. The van der Waals surface area contributed by atoms with Gasteiger partial charge < -0.3 is 18.8 Å². The highest BCUT2D eigenvalue weighted by atomic mass is 35.5. The highest BCUT2D eigenvalue weighted by Crippen LogP contribution is 2.31. The van der Waals surface area contributed by atoms with Crippen molar-refractivity contribution >= 4 is 45.5 Å². The summed E-state index contributed by atoms with van der Waals surface area (Å²) in [5.74, 6) is -0.257. The van der Waals surface area contributed by atoms with Gasteiger partial charge in [0.15, 0.2) is 22.6 Å². The van der Waals surface area contributed by atoms with Crippen LogP contribution in [0.4, 0.5) is 4.39 Å². The normalized spacial score (nSPS) is 17.5. The quantitative estimate of drug-likeness (QED) is 0.263. The summed E-state index contributed by atoms with van der Waals surface area (Å²) in [7, 11) is 0. The summed E-state index contributed by atoms with van der Waals surface area (Å²) in [5.41, 5.74) is 4.80. The molecule has 1 unspecified atom stereocenters. The maximum atomic E-state index is 14.4. The standard InChI is InChI=1S/C30H26ClFN6O4/c31-19-2-1-18(22(32)14-19)13-26-36-28-27(42-26)21(5-9-33-28)17-6-10-37(11-7-17)16-25-34-23-3-4-24(30(39)40)35-29(23)38(25)15-20-8-12-41-20/h1-6,9,14,20H,7-8,10-13,15-16H2,(H,39,40). The van der Waals surface area contributed by atoms with Gasteiger partial charge in [0.25, 0.3) is 0 Å². The van der Waals surface area contributed by atoms with Crippen LogP contribution in [0.25, 0.3) is 28.0 Å². The van der Waals surface area contributed by atoms with E-state index >= 15 is 0 Å². The number of aromatic carboxylic acids is 1. The van der Waals surface area contributed by atoms with E-state index in [9.17, 15) is 14.3 Å². The molecule has 42 heavy (non-hydrogen) atoms. The number of hydrogen-bond acceptors (Lipinski definition) is 8. The lowest BCUT2D eigenvalue weighted by atomic mass is 10.00. The minimum Gasteiger partial charge on any atom is -0.477 e. The smallest absolute Gasteiger partial charge is 0.354 e. The first-order valence-corrected chi connectivity index (χ1v) is 14.1. The van der Waals surface area contributed by atoms with Crippen LogP contribution in [0.3, 0.4) is 0 Å². The lowest BCUT2D eigenvalue weighted by Gasteiger charge is -2.29. The Hall–Kier alpha value is -4.19. The average Bonchev–Trinajstić information content (AvgIpc) is 3.52. The number of oxazole rings is 1. The summed E-state index contributed by atoms with van der Waals surface area (Å²) in [4.78, 5) is 31.9. The molecule has 5 aromatic rings. The van der Waals surface area contributed by atoms with E-state index in [1.54, 1.807) is 24.4 Å². The van der Waals surface area contributed by atoms with Gasteiger partial charge in [-0.1, -0.05) is 23.7 Å². The summed E-state index contributed by atoms with van der Waals surface area (Å²) >= 11 is 5.89. The van der Waals surface area contributed by atoms with E-state index in [1.807, 2.05) is 10.6 Å². The molecular formula is C30H26ClFN6O4. The molecule has 0 radical (unpaired) electrons. The van der Waals surface area contributed by atoms with Crippen molar-refractivity contribution in [1.82, 2.24) is 29.4 Å². The molecule has 1 saturated heterocycles. The molecule has 6 heterocycles. The van der Waals surface area contributed by atoms with E-state index in [0.717, 1.165) is 43.0 Å². The van der Waals surface area contributed by atoms with Crippen LogP contribution < -0.4 is 0 Å². The fourth-order valence-corrected chi connectivity index (χ4v) is 5.60. The molecule has 7 rings (SSSR count). The third-order valence-electron chi connectivity index (χ3n) is 7.77. The Kier molecular flexibility index (Phi) is 6.93. The van der Waals surface area contributed by atoms with Crippen LogP contribution >= 0.6 is 11.6 Å². The van der Waals surface area contributed by atoms with Crippen molar-refractivity contribution in [2.75, 3.05) is 19.7 Å². The van der Waals surface area contributed by atoms with Gasteiger partial charge in [0, 0.05) is 36.5 Å². The van der Waals surface area contributed by atoms with Gasteiger partial charge in [0.05, 0.1) is 25.6 Å². The Balaban J connectivity index is 1.12. The Labute approximate surface area is 244 Å². The van der Waals surface area contributed by atoms with Crippen molar-refractivity contribution in [3.05, 3.63) is 88.0 Å². The lowest BCUT2D eigenvalue weighted by Crippen LogP contribution is -2.33. The van der Waals surface area contributed by atoms with E-state index in [0.29, 0.717) is 58.5 Å². The number of carboxylic acid groups (broad SMARTS) is 1. The Morgan fingerprint density at radius 1 is 1.17 bits per heavy atom. The molecule has 10 nitrogen and oxygen atoms in total. The fraction of sp³-hybridized carbons (Fsp3) is 0.300. The van der Waals surface area contributed by atoms with E-state index in [2.05, 4.69) is 25.9 Å². The lowest BCUT2D eigenvalue weighted by molar-refractivity contribution is -0.0592. The van der Waals surface area contributed by atoms with Crippen molar-refractivity contribution in [3.63, 3.8) is 0 Å². The van der Waals surface area contributed by atoms with Gasteiger partial charge in [-0.3, -0.25) is 4.90 Å². The van der Waals surface area contributed by atoms with Gasteiger partial charge >= 0.3 is 5.97 Å². The zero-order valence-corrected chi connectivity index (χ0v) is 23.2. The van der Waals surface area contributed by atoms with E-state index in [4.69, 9.17) is 25.7 Å². The molecule has 0 spiro atoms. The summed E-state index contributed by atoms with van der Waals surface area (Å²) in [6.07, 6.45) is 5.87. The molecule has 0 aliphatic carbocycles. The molecule has 1 aromatic carbocycles. The van der Waals surface area contributed by atoms with Gasteiger partial charge in [-0.25, -0.2) is 24.1 Å². The highest BCUT2D eigenvalue weighted by Gasteiger charge is 2.25. The third-order valence-corrected chi connectivity index (χ3v) is 8.00. The van der Waals surface area contributed by atoms with Crippen LogP contribution in [0, 0.1) is 5.82 Å². The number of benzene rings is 1. The Morgan fingerprint density at radius 2 is 2.05 bits per heavy atom. The summed E-state index contributed by atoms with van der Waals surface area (Å²) in [5, 5.41) is 9.79. The zero-order chi connectivity index (χ0) is 28.8. The molecule has 2 aliphatic heterocycles. The molecule has 2 aliphatic rings. The predicted molar refractivity (Wildman–Crippen MR) is 153 cm³/mol. The van der Waals surface area contributed by atoms with Gasteiger partial charge in [-0.15, -0.1) is 0 Å². The molecule has 1 atom stereocenters. The van der Waals surface area contributed by atoms with Crippen molar-refractivity contribution in [1.29, 1.82) is 0 Å². The van der Waals surface area contributed by atoms with E-state index in [-0.39, 0.29) is 18.2 Å². The number of ether oxygens (including phenoxy) is 1. The molecular weight excluding hydrogens is 563 g/mol. The molecule has 214 valence electrons. The van der Waals surface area contributed by atoms with Crippen molar-refractivity contribution in [2.45, 2.75) is 38.5 Å². The SMILES string of the molecule is O=C(O)c1ccc2nc(CN3CC=C(c4ccnc5nc(Cc6ccc(Cl)cc6F)oc45)CC3)n(CC3CCO3)c2n1. The predicted octanol–water partition coefficient (Wildman–Crippen LogP) is 5.13. The maximum absolute atomic E-state index is 14.4. The number of nitrogens with zero attached hydrogens (tertiary/aromatic N) is 6. The van der Waals surface area contributed by atoms with Crippen LogP contribution in [0.2, 0.25) is 5.02 Å². The number of aromatic nitrogens is 5. The Morgan fingerprint density at radius 3 is 2.79 bits per heavy atom. The number of carbonyl (C=O) groups is 1. The van der Waals surface area contributed by atoms with Crippen LogP contribution in [0.1, 0.15) is 46.2 Å². The summed E-state index contributed by atoms with van der Waals surface area (Å²) in [6, 6.07) is 9.67. The minimum absolute atomic E-state index is 0.00665. The van der Waals surface area contributed by atoms with Crippen molar-refractivity contribution < 1.29 is 23.4 Å². The number of fused-ring (bicyclic) bond motifs is 2. The van der Waals surface area contributed by atoms with Gasteiger partial charge in [-0.2, -0.15) is 4.98 Å². The average molecular weight is 589 g/mol. The van der Waals surface area contributed by atoms with Crippen molar-refractivity contribution in [3.8, 4) is 0 Å². The fourth-order valence-electron chi connectivity index (χ4n) is 5.44. The minimum atomic E-state index is -1.07. The number of pyridine rings is 2. The molecule has 0 bridgehead atoms. The van der Waals surface area contributed by atoms with Crippen LogP contribution in [-0.4, -0.2) is 66.3 Å². The second kappa shape index (κ2) is 10.9. The molecule has 0 saturated carbocycles. The van der Waals surface area contributed by atoms with Gasteiger partial charge in [-0.05, 0) is 54.3 Å². The van der Waals surface area contributed by atoms with Gasteiger partial charge in [0.1, 0.15) is 17.2 Å². The zero-order valence-electron chi connectivity index (χ0n) is 22.5. The highest BCUT2D eigenvalue weighted by molar-refractivity contribution is 6.30. The number of halogens is 2. The van der Waals surface area contributed by atoms with E-state index < -0.39 is 11.8 Å².